The fourth-order valence-electron chi connectivity index (χ4n) is 2.83. The Balaban J connectivity index is 1.47. The zero-order chi connectivity index (χ0) is 16.2. The normalized spacial score (nSPS) is 15.7. The van der Waals surface area contributed by atoms with Gasteiger partial charge in [0.25, 0.3) is 5.91 Å². The molecule has 4 nitrogen and oxygen atoms in total. The van der Waals surface area contributed by atoms with Gasteiger partial charge in [-0.15, -0.1) is 11.3 Å². The molecule has 0 aromatic carbocycles. The topological polar surface area (TPSA) is 42.4 Å². The van der Waals surface area contributed by atoms with Crippen LogP contribution in [0.3, 0.4) is 0 Å². The molecule has 5 heteroatoms. The molecule has 0 aliphatic carbocycles. The van der Waals surface area contributed by atoms with Crippen LogP contribution in [0.1, 0.15) is 33.8 Å². The van der Waals surface area contributed by atoms with Gasteiger partial charge in [-0.05, 0) is 55.7 Å². The van der Waals surface area contributed by atoms with Crippen LogP contribution in [0.25, 0.3) is 0 Å². The Morgan fingerprint density at radius 1 is 1.35 bits per heavy atom. The second-order valence-electron chi connectivity index (χ2n) is 6.17. The van der Waals surface area contributed by atoms with Gasteiger partial charge in [-0.3, -0.25) is 9.78 Å². The van der Waals surface area contributed by atoms with E-state index in [0.717, 1.165) is 47.8 Å². The van der Waals surface area contributed by atoms with E-state index in [1.54, 1.807) is 6.20 Å². The van der Waals surface area contributed by atoms with E-state index in [2.05, 4.69) is 4.98 Å². The van der Waals surface area contributed by atoms with Crippen LogP contribution in [-0.2, 0) is 0 Å². The van der Waals surface area contributed by atoms with E-state index >= 15 is 0 Å². The highest BCUT2D eigenvalue weighted by atomic mass is 32.1. The van der Waals surface area contributed by atoms with Crippen LogP contribution in [0, 0.1) is 19.8 Å². The van der Waals surface area contributed by atoms with E-state index in [-0.39, 0.29) is 5.91 Å². The van der Waals surface area contributed by atoms with E-state index in [4.69, 9.17) is 4.74 Å². The minimum absolute atomic E-state index is 0.173. The Hall–Kier alpha value is -1.88. The largest absolute Gasteiger partial charge is 0.493 e. The summed E-state index contributed by atoms with van der Waals surface area (Å²) in [5, 5.41) is 2.03. The summed E-state index contributed by atoms with van der Waals surface area (Å²) in [5.41, 5.74) is 2.13. The lowest BCUT2D eigenvalue weighted by atomic mass is 9.97. The van der Waals surface area contributed by atoms with Gasteiger partial charge in [0.2, 0.25) is 0 Å². The molecular weight excluding hydrogens is 308 g/mol. The molecule has 0 bridgehead atoms. The number of ether oxygens (including phenoxy) is 1. The smallest absolute Gasteiger partial charge is 0.263 e. The Kier molecular flexibility index (Phi) is 4.96. The van der Waals surface area contributed by atoms with Crippen LogP contribution < -0.4 is 4.74 Å². The first-order chi connectivity index (χ1) is 11.1. The number of rotatable bonds is 4. The summed E-state index contributed by atoms with van der Waals surface area (Å²) in [6, 6.07) is 5.83. The third-order valence-corrected chi connectivity index (χ3v) is 5.23. The van der Waals surface area contributed by atoms with Crippen LogP contribution in [0.15, 0.2) is 29.8 Å². The zero-order valence-corrected chi connectivity index (χ0v) is 14.4. The van der Waals surface area contributed by atoms with Gasteiger partial charge in [-0.25, -0.2) is 0 Å². The molecule has 2 aromatic rings. The molecule has 1 aliphatic rings. The summed E-state index contributed by atoms with van der Waals surface area (Å²) in [7, 11) is 0. The Morgan fingerprint density at radius 2 is 2.13 bits per heavy atom. The quantitative estimate of drug-likeness (QED) is 0.858. The summed E-state index contributed by atoms with van der Waals surface area (Å²) in [6.45, 7) is 6.34. The van der Waals surface area contributed by atoms with Crippen molar-refractivity contribution >= 4 is 17.2 Å². The van der Waals surface area contributed by atoms with Crippen LogP contribution in [0.5, 0.6) is 5.75 Å². The molecule has 1 fully saturated rings. The molecule has 0 atom stereocenters. The van der Waals surface area contributed by atoms with Gasteiger partial charge in [-0.2, -0.15) is 0 Å². The number of piperidine rings is 1. The van der Waals surface area contributed by atoms with Gasteiger partial charge in [0.1, 0.15) is 5.75 Å². The maximum Gasteiger partial charge on any atom is 0.263 e. The van der Waals surface area contributed by atoms with Crippen molar-refractivity contribution in [3.05, 3.63) is 45.9 Å². The highest BCUT2D eigenvalue weighted by Crippen LogP contribution is 2.23. The maximum absolute atomic E-state index is 12.4. The van der Waals surface area contributed by atoms with Crippen molar-refractivity contribution in [1.82, 2.24) is 9.88 Å². The van der Waals surface area contributed by atoms with Gasteiger partial charge >= 0.3 is 0 Å². The second kappa shape index (κ2) is 7.13. The van der Waals surface area contributed by atoms with E-state index in [1.807, 2.05) is 42.3 Å². The van der Waals surface area contributed by atoms with Crippen molar-refractivity contribution in [2.24, 2.45) is 5.92 Å². The molecule has 0 N–H and O–H groups in total. The molecule has 1 aliphatic heterocycles. The molecule has 0 radical (unpaired) electrons. The number of thiophene rings is 1. The van der Waals surface area contributed by atoms with Gasteiger partial charge < -0.3 is 9.64 Å². The predicted molar refractivity (Wildman–Crippen MR) is 92.2 cm³/mol. The molecule has 1 amide bonds. The Labute approximate surface area is 141 Å². The van der Waals surface area contributed by atoms with Gasteiger partial charge in [0.05, 0.1) is 11.5 Å². The highest BCUT2D eigenvalue weighted by Gasteiger charge is 2.24. The number of hydrogen-bond acceptors (Lipinski definition) is 4. The number of nitrogens with zero attached hydrogens (tertiary/aromatic N) is 2. The molecule has 0 spiro atoms. The van der Waals surface area contributed by atoms with E-state index in [1.165, 1.54) is 11.3 Å². The number of likely N-dealkylation sites (tertiary alicyclic amines) is 1. The molecule has 3 rings (SSSR count). The van der Waals surface area contributed by atoms with Crippen LogP contribution in [0.4, 0.5) is 0 Å². The first kappa shape index (κ1) is 16.0. The fourth-order valence-corrected chi connectivity index (χ4v) is 3.69. The second-order valence-corrected chi connectivity index (χ2v) is 7.08. The highest BCUT2D eigenvalue weighted by molar-refractivity contribution is 7.12. The number of carbonyl (C=O) groups is 1. The number of aromatic nitrogens is 1. The molecule has 3 heterocycles. The molecule has 0 unspecified atom stereocenters. The number of carbonyl (C=O) groups excluding carboxylic acids is 1. The number of pyridine rings is 1. The lowest BCUT2D eigenvalue weighted by molar-refractivity contribution is 0.0665. The van der Waals surface area contributed by atoms with Crippen molar-refractivity contribution in [2.45, 2.75) is 26.7 Å². The number of amides is 1. The van der Waals surface area contributed by atoms with Crippen LogP contribution in [0.2, 0.25) is 0 Å². The maximum atomic E-state index is 12.4. The third-order valence-electron chi connectivity index (χ3n) is 4.20. The van der Waals surface area contributed by atoms with Crippen LogP contribution in [-0.4, -0.2) is 35.5 Å². The van der Waals surface area contributed by atoms with Crippen molar-refractivity contribution in [3.8, 4) is 5.75 Å². The van der Waals surface area contributed by atoms with E-state index in [9.17, 15) is 4.79 Å². The number of hydrogen-bond donors (Lipinski definition) is 0. The number of aryl methyl sites for hydroxylation is 2. The third kappa shape index (κ3) is 4.10. The summed E-state index contributed by atoms with van der Waals surface area (Å²) in [5.74, 6) is 1.56. The minimum atomic E-state index is 0.173. The van der Waals surface area contributed by atoms with Gasteiger partial charge in [0, 0.05) is 31.0 Å². The molecule has 122 valence electrons. The van der Waals surface area contributed by atoms with Crippen molar-refractivity contribution in [3.63, 3.8) is 0 Å². The average Bonchev–Trinajstić information content (AvgIpc) is 2.99. The molecule has 1 saturated heterocycles. The first-order valence-corrected chi connectivity index (χ1v) is 8.89. The zero-order valence-electron chi connectivity index (χ0n) is 13.6. The summed E-state index contributed by atoms with van der Waals surface area (Å²) in [4.78, 5) is 19.4. The summed E-state index contributed by atoms with van der Waals surface area (Å²) < 4.78 is 5.87. The predicted octanol–water partition coefficient (Wildman–Crippen LogP) is 3.69. The average molecular weight is 330 g/mol. The SMILES string of the molecule is Cc1csc(C(=O)N2CCC(COc3ccnc(C)c3)CC2)c1. The van der Waals surface area contributed by atoms with Crippen molar-refractivity contribution < 1.29 is 9.53 Å². The van der Waals surface area contributed by atoms with E-state index in [0.29, 0.717) is 12.5 Å². The van der Waals surface area contributed by atoms with Gasteiger partial charge in [0.15, 0.2) is 0 Å². The lowest BCUT2D eigenvalue weighted by Gasteiger charge is -2.31. The minimum Gasteiger partial charge on any atom is -0.493 e. The standard InChI is InChI=1S/C18H22N2O2S/c1-13-9-17(23-12-13)18(21)20-7-4-15(5-8-20)11-22-16-3-6-19-14(2)10-16/h3,6,9-10,12,15H,4-5,7-8,11H2,1-2H3. The molecule has 0 saturated carbocycles. The molecule has 23 heavy (non-hydrogen) atoms. The van der Waals surface area contributed by atoms with Crippen molar-refractivity contribution in [1.29, 1.82) is 0 Å². The Morgan fingerprint density at radius 3 is 2.78 bits per heavy atom. The van der Waals surface area contributed by atoms with E-state index < -0.39 is 0 Å². The summed E-state index contributed by atoms with van der Waals surface area (Å²) in [6.07, 6.45) is 3.77. The van der Waals surface area contributed by atoms with Gasteiger partial charge in [-0.1, -0.05) is 0 Å². The lowest BCUT2D eigenvalue weighted by Crippen LogP contribution is -2.39. The first-order valence-electron chi connectivity index (χ1n) is 8.01. The fraction of sp³-hybridized carbons (Fsp3) is 0.444. The monoisotopic (exact) mass is 330 g/mol. The molecular formula is C18H22N2O2S. The Bertz CT molecular complexity index is 675. The van der Waals surface area contributed by atoms with Crippen LogP contribution >= 0.6 is 11.3 Å². The summed E-state index contributed by atoms with van der Waals surface area (Å²) >= 11 is 1.54. The van der Waals surface area contributed by atoms with Crippen molar-refractivity contribution in [2.75, 3.05) is 19.7 Å². The molecule has 2 aromatic heterocycles.